The molecule has 13 heavy (non-hydrogen) atoms. The van der Waals surface area contributed by atoms with Crippen LogP contribution in [0.4, 0.5) is 5.69 Å². The Morgan fingerprint density at radius 2 is 2.15 bits per heavy atom. The lowest BCUT2D eigenvalue weighted by Gasteiger charge is -2.11. The van der Waals surface area contributed by atoms with Crippen LogP contribution in [0, 0.1) is 0 Å². The number of hydrogen-bond acceptors (Lipinski definition) is 2. The van der Waals surface area contributed by atoms with Gasteiger partial charge in [0.2, 0.25) is 0 Å². The molecule has 72 valence electrons. The van der Waals surface area contributed by atoms with Crippen molar-refractivity contribution in [2.45, 2.75) is 19.4 Å². The van der Waals surface area contributed by atoms with Crippen molar-refractivity contribution in [1.29, 1.82) is 0 Å². The molecule has 0 spiro atoms. The van der Waals surface area contributed by atoms with Crippen LogP contribution in [-0.4, -0.2) is 17.8 Å². The molecule has 3 heteroatoms. The molecule has 1 atom stereocenters. The van der Waals surface area contributed by atoms with Crippen molar-refractivity contribution in [3.05, 3.63) is 29.3 Å². The number of rotatable bonds is 4. The van der Waals surface area contributed by atoms with Crippen molar-refractivity contribution in [2.75, 3.05) is 11.9 Å². The zero-order valence-corrected chi connectivity index (χ0v) is 8.38. The fourth-order valence-corrected chi connectivity index (χ4v) is 1.18. The molecular formula is C10H14ClNO. The number of nitrogens with one attached hydrogen (secondary N) is 1. The monoisotopic (exact) mass is 199 g/mol. The Hall–Kier alpha value is -0.730. The maximum Gasteiger partial charge on any atom is 0.0709 e. The van der Waals surface area contributed by atoms with E-state index in [-0.39, 0.29) is 6.10 Å². The van der Waals surface area contributed by atoms with E-state index in [1.165, 1.54) is 0 Å². The van der Waals surface area contributed by atoms with Crippen LogP contribution in [0.3, 0.4) is 0 Å². The van der Waals surface area contributed by atoms with E-state index >= 15 is 0 Å². The lowest BCUT2D eigenvalue weighted by Crippen LogP contribution is -2.18. The van der Waals surface area contributed by atoms with E-state index in [4.69, 9.17) is 11.6 Å². The van der Waals surface area contributed by atoms with Crippen LogP contribution in [0.25, 0.3) is 0 Å². The first-order valence-electron chi connectivity index (χ1n) is 4.40. The van der Waals surface area contributed by atoms with Gasteiger partial charge in [0.1, 0.15) is 0 Å². The molecule has 0 saturated carbocycles. The Morgan fingerprint density at radius 3 is 2.77 bits per heavy atom. The van der Waals surface area contributed by atoms with Gasteiger partial charge >= 0.3 is 0 Å². The largest absolute Gasteiger partial charge is 0.391 e. The summed E-state index contributed by atoms with van der Waals surface area (Å²) < 4.78 is 0. The third kappa shape index (κ3) is 3.25. The number of anilines is 1. The van der Waals surface area contributed by atoms with Crippen LogP contribution in [0.2, 0.25) is 5.02 Å². The molecule has 0 fully saturated rings. The molecule has 1 rings (SSSR count). The second-order valence-corrected chi connectivity index (χ2v) is 3.33. The molecule has 0 aliphatic carbocycles. The first-order chi connectivity index (χ1) is 6.24. The smallest absolute Gasteiger partial charge is 0.0709 e. The van der Waals surface area contributed by atoms with Crippen molar-refractivity contribution in [3.63, 3.8) is 0 Å². The molecule has 0 saturated heterocycles. The molecule has 0 amide bonds. The summed E-state index contributed by atoms with van der Waals surface area (Å²) in [5.41, 5.74) is 0.872. The van der Waals surface area contributed by atoms with Crippen LogP contribution in [0.1, 0.15) is 13.3 Å². The number of hydrogen-bond donors (Lipinski definition) is 2. The van der Waals surface area contributed by atoms with Gasteiger partial charge in [-0.1, -0.05) is 30.7 Å². The summed E-state index contributed by atoms with van der Waals surface area (Å²) in [5, 5.41) is 13.1. The molecular weight excluding hydrogens is 186 g/mol. The summed E-state index contributed by atoms with van der Waals surface area (Å²) in [4.78, 5) is 0. The summed E-state index contributed by atoms with van der Waals surface area (Å²) >= 11 is 5.91. The third-order valence-electron chi connectivity index (χ3n) is 1.87. The van der Waals surface area contributed by atoms with Crippen LogP contribution >= 0.6 is 11.6 Å². The molecule has 0 radical (unpaired) electrons. The molecule has 1 aromatic rings. The van der Waals surface area contributed by atoms with Gasteiger partial charge in [-0.15, -0.1) is 0 Å². The zero-order valence-electron chi connectivity index (χ0n) is 7.63. The van der Waals surface area contributed by atoms with E-state index in [2.05, 4.69) is 5.32 Å². The summed E-state index contributed by atoms with van der Waals surface area (Å²) in [6, 6.07) is 7.50. The van der Waals surface area contributed by atoms with Gasteiger partial charge in [0.25, 0.3) is 0 Å². The topological polar surface area (TPSA) is 32.3 Å². The number of para-hydroxylation sites is 1. The molecule has 0 bridgehead atoms. The lowest BCUT2D eigenvalue weighted by atomic mass is 10.2. The maximum absolute atomic E-state index is 9.30. The lowest BCUT2D eigenvalue weighted by molar-refractivity contribution is 0.183. The summed E-state index contributed by atoms with van der Waals surface area (Å²) in [7, 11) is 0. The fourth-order valence-electron chi connectivity index (χ4n) is 0.977. The number of aliphatic hydroxyl groups is 1. The highest BCUT2D eigenvalue weighted by Crippen LogP contribution is 2.20. The first-order valence-corrected chi connectivity index (χ1v) is 4.78. The Kier molecular flexibility index (Phi) is 4.06. The Morgan fingerprint density at radius 1 is 1.46 bits per heavy atom. The third-order valence-corrected chi connectivity index (χ3v) is 2.20. The zero-order chi connectivity index (χ0) is 9.68. The second-order valence-electron chi connectivity index (χ2n) is 2.92. The predicted octanol–water partition coefficient (Wildman–Crippen LogP) is 2.52. The van der Waals surface area contributed by atoms with Crippen LogP contribution < -0.4 is 5.32 Å². The van der Waals surface area contributed by atoms with Crippen LogP contribution in [0.15, 0.2) is 24.3 Å². The number of halogens is 1. The number of benzene rings is 1. The van der Waals surface area contributed by atoms with Crippen molar-refractivity contribution in [3.8, 4) is 0 Å². The van der Waals surface area contributed by atoms with E-state index in [0.29, 0.717) is 11.6 Å². The van der Waals surface area contributed by atoms with Crippen LogP contribution in [-0.2, 0) is 0 Å². The highest BCUT2D eigenvalue weighted by Gasteiger charge is 2.01. The van der Waals surface area contributed by atoms with Gasteiger partial charge in [-0.3, -0.25) is 0 Å². The normalized spacial score (nSPS) is 12.5. The average molecular weight is 200 g/mol. The van der Waals surface area contributed by atoms with Gasteiger partial charge in [0, 0.05) is 6.54 Å². The fraction of sp³-hybridized carbons (Fsp3) is 0.400. The van der Waals surface area contributed by atoms with E-state index in [1.807, 2.05) is 31.2 Å². The van der Waals surface area contributed by atoms with Gasteiger partial charge in [0.15, 0.2) is 0 Å². The van der Waals surface area contributed by atoms with Gasteiger partial charge in [-0.25, -0.2) is 0 Å². The van der Waals surface area contributed by atoms with E-state index in [1.54, 1.807) is 0 Å². The minimum absolute atomic E-state index is 0.309. The molecule has 0 aliphatic rings. The van der Waals surface area contributed by atoms with E-state index in [9.17, 15) is 5.11 Å². The first kappa shape index (κ1) is 10.4. The summed E-state index contributed by atoms with van der Waals surface area (Å²) in [6.07, 6.45) is 0.438. The molecule has 1 unspecified atom stereocenters. The molecule has 1 aromatic carbocycles. The van der Waals surface area contributed by atoms with Crippen LogP contribution in [0.5, 0.6) is 0 Å². The summed E-state index contributed by atoms with van der Waals surface area (Å²) in [5.74, 6) is 0. The van der Waals surface area contributed by atoms with E-state index in [0.717, 1.165) is 12.1 Å². The summed E-state index contributed by atoms with van der Waals surface area (Å²) in [6.45, 7) is 2.49. The van der Waals surface area contributed by atoms with Crippen molar-refractivity contribution < 1.29 is 5.11 Å². The molecule has 0 aromatic heterocycles. The Balaban J connectivity index is 2.50. The minimum atomic E-state index is -0.309. The highest BCUT2D eigenvalue weighted by atomic mass is 35.5. The minimum Gasteiger partial charge on any atom is -0.391 e. The average Bonchev–Trinajstić information content (AvgIpc) is 2.16. The Labute approximate surface area is 83.5 Å². The molecule has 2 N–H and O–H groups in total. The van der Waals surface area contributed by atoms with E-state index < -0.39 is 0 Å². The Bertz CT molecular complexity index is 265. The predicted molar refractivity (Wildman–Crippen MR) is 56.2 cm³/mol. The number of aliphatic hydroxyl groups excluding tert-OH is 1. The van der Waals surface area contributed by atoms with Crippen molar-refractivity contribution in [2.24, 2.45) is 0 Å². The quantitative estimate of drug-likeness (QED) is 0.781. The SMILES string of the molecule is CCC(O)CNc1ccccc1Cl. The molecule has 2 nitrogen and oxygen atoms in total. The standard InChI is InChI=1S/C10H14ClNO/c1-2-8(13)7-12-10-6-4-3-5-9(10)11/h3-6,8,12-13H,2,7H2,1H3. The molecule has 0 aliphatic heterocycles. The van der Waals surface area contributed by atoms with Gasteiger partial charge in [-0.05, 0) is 18.6 Å². The van der Waals surface area contributed by atoms with Gasteiger partial charge in [-0.2, -0.15) is 0 Å². The van der Waals surface area contributed by atoms with Crippen molar-refractivity contribution >= 4 is 17.3 Å². The maximum atomic E-state index is 9.30. The van der Waals surface area contributed by atoms with Gasteiger partial charge in [0.05, 0.1) is 16.8 Å². The van der Waals surface area contributed by atoms with Gasteiger partial charge < -0.3 is 10.4 Å². The highest BCUT2D eigenvalue weighted by molar-refractivity contribution is 6.33. The second kappa shape index (κ2) is 5.10. The molecule has 0 heterocycles. The van der Waals surface area contributed by atoms with Crippen molar-refractivity contribution in [1.82, 2.24) is 0 Å².